The van der Waals surface area contributed by atoms with Gasteiger partial charge in [0.25, 0.3) is 5.91 Å². The van der Waals surface area contributed by atoms with Gasteiger partial charge in [-0.2, -0.15) is 0 Å². The Balaban J connectivity index is 1.46. The fraction of sp³-hybridized carbons (Fsp3) is 0.280. The molecular weight excluding hydrogens is 404 g/mol. The highest BCUT2D eigenvalue weighted by atomic mass is 16.5. The van der Waals surface area contributed by atoms with Crippen LogP contribution in [0.1, 0.15) is 46.3 Å². The van der Waals surface area contributed by atoms with Gasteiger partial charge >= 0.3 is 0 Å². The van der Waals surface area contributed by atoms with Gasteiger partial charge in [0, 0.05) is 18.4 Å². The highest BCUT2D eigenvalue weighted by Crippen LogP contribution is 2.31. The molecule has 1 aliphatic rings. The zero-order chi connectivity index (χ0) is 22.5. The van der Waals surface area contributed by atoms with Gasteiger partial charge in [0.05, 0.1) is 30.8 Å². The van der Waals surface area contributed by atoms with Crippen LogP contribution in [0, 0.1) is 6.92 Å². The number of anilines is 1. The van der Waals surface area contributed by atoms with Crippen LogP contribution in [-0.4, -0.2) is 40.3 Å². The number of nitrogens with one attached hydrogen (secondary N) is 1. The molecule has 4 rings (SSSR count). The van der Waals surface area contributed by atoms with Crippen molar-refractivity contribution >= 4 is 17.5 Å². The average molecular weight is 431 g/mol. The summed E-state index contributed by atoms with van der Waals surface area (Å²) < 4.78 is 5.18. The number of para-hydroxylation sites is 1. The Kier molecular flexibility index (Phi) is 6.44. The van der Waals surface area contributed by atoms with E-state index in [2.05, 4.69) is 15.3 Å². The van der Waals surface area contributed by atoms with Gasteiger partial charge in [-0.25, -0.2) is 9.97 Å². The molecule has 1 N–H and O–H groups in total. The van der Waals surface area contributed by atoms with Gasteiger partial charge < -0.3 is 15.0 Å². The summed E-state index contributed by atoms with van der Waals surface area (Å²) in [5.41, 5.74) is 2.67. The summed E-state index contributed by atoms with van der Waals surface area (Å²) in [4.78, 5) is 36.5. The minimum Gasteiger partial charge on any atom is -0.497 e. The molecule has 1 atom stereocenters. The number of likely N-dealkylation sites (tertiary alicyclic amines) is 1. The van der Waals surface area contributed by atoms with Gasteiger partial charge in [-0.05, 0) is 49.6 Å². The van der Waals surface area contributed by atoms with Crippen molar-refractivity contribution in [1.82, 2.24) is 14.9 Å². The highest BCUT2D eigenvalue weighted by molar-refractivity contribution is 6.04. The van der Waals surface area contributed by atoms with Gasteiger partial charge in [0.2, 0.25) is 5.91 Å². The number of aryl methyl sites for hydroxylation is 1. The van der Waals surface area contributed by atoms with E-state index >= 15 is 0 Å². The summed E-state index contributed by atoms with van der Waals surface area (Å²) in [7, 11) is 1.62. The molecule has 32 heavy (non-hydrogen) atoms. The Morgan fingerprint density at radius 2 is 1.88 bits per heavy atom. The summed E-state index contributed by atoms with van der Waals surface area (Å²) in [5, 5.41) is 2.86. The van der Waals surface area contributed by atoms with Gasteiger partial charge in [-0.15, -0.1) is 0 Å². The largest absolute Gasteiger partial charge is 0.497 e. The van der Waals surface area contributed by atoms with Gasteiger partial charge in [0.1, 0.15) is 5.75 Å². The molecule has 0 radical (unpaired) electrons. The monoisotopic (exact) mass is 430 g/mol. The van der Waals surface area contributed by atoms with Crippen LogP contribution >= 0.6 is 0 Å². The lowest BCUT2D eigenvalue weighted by molar-refractivity contribution is -0.131. The number of carbonyl (C=O) groups excluding carboxylic acids is 2. The Morgan fingerprint density at radius 1 is 1.12 bits per heavy atom. The van der Waals surface area contributed by atoms with Crippen molar-refractivity contribution in [3.05, 3.63) is 83.4 Å². The summed E-state index contributed by atoms with van der Waals surface area (Å²) in [5.74, 6) is 1.14. The van der Waals surface area contributed by atoms with Gasteiger partial charge in [0.15, 0.2) is 5.82 Å². The predicted molar refractivity (Wildman–Crippen MR) is 122 cm³/mol. The smallest absolute Gasteiger partial charge is 0.259 e. The first-order valence-corrected chi connectivity index (χ1v) is 10.7. The lowest BCUT2D eigenvalue weighted by Gasteiger charge is -2.24. The highest BCUT2D eigenvalue weighted by Gasteiger charge is 2.32. The van der Waals surface area contributed by atoms with Crippen LogP contribution in [-0.2, 0) is 11.2 Å². The van der Waals surface area contributed by atoms with Crippen LogP contribution in [0.25, 0.3) is 0 Å². The number of hydrogen-bond donors (Lipinski definition) is 1. The molecule has 1 aliphatic heterocycles. The van der Waals surface area contributed by atoms with Crippen molar-refractivity contribution in [2.75, 3.05) is 19.0 Å². The third-order valence-corrected chi connectivity index (χ3v) is 5.66. The quantitative estimate of drug-likeness (QED) is 0.640. The number of benzene rings is 2. The average Bonchev–Trinajstić information content (AvgIpc) is 3.30. The second-order valence-corrected chi connectivity index (χ2v) is 7.82. The lowest BCUT2D eigenvalue weighted by atomic mass is 10.1. The number of amides is 2. The van der Waals surface area contributed by atoms with Crippen LogP contribution in [0.3, 0.4) is 0 Å². The first kappa shape index (κ1) is 21.5. The molecule has 1 fully saturated rings. The summed E-state index contributed by atoms with van der Waals surface area (Å²) in [6.07, 6.45) is 3.58. The van der Waals surface area contributed by atoms with Crippen LogP contribution in [0.15, 0.2) is 60.8 Å². The van der Waals surface area contributed by atoms with E-state index in [-0.39, 0.29) is 17.9 Å². The number of ether oxygens (including phenoxy) is 1. The van der Waals surface area contributed by atoms with Crippen molar-refractivity contribution in [3.63, 3.8) is 0 Å². The zero-order valence-electron chi connectivity index (χ0n) is 18.2. The SMILES string of the molecule is COc1ccc(CC(=O)N2CCCC2c2ncc(C(=O)Nc3ccccc3)c(C)n2)cc1. The Labute approximate surface area is 187 Å². The van der Waals surface area contributed by atoms with E-state index in [1.807, 2.05) is 59.5 Å². The molecule has 0 saturated carbocycles. The van der Waals surface area contributed by atoms with E-state index in [1.165, 1.54) is 0 Å². The topological polar surface area (TPSA) is 84.4 Å². The summed E-state index contributed by atoms with van der Waals surface area (Å²) in [6, 6.07) is 16.6. The molecule has 1 aromatic heterocycles. The normalized spacial score (nSPS) is 15.4. The molecule has 7 nitrogen and oxygen atoms in total. The number of carbonyl (C=O) groups is 2. The fourth-order valence-electron chi connectivity index (χ4n) is 3.94. The van der Waals surface area contributed by atoms with E-state index < -0.39 is 0 Å². The Bertz CT molecular complexity index is 1100. The molecule has 0 bridgehead atoms. The standard InChI is InChI=1S/C25H26N4O3/c1-17-21(25(31)28-19-7-4-3-5-8-19)16-26-24(27-17)22-9-6-14-29(22)23(30)15-18-10-12-20(32-2)13-11-18/h3-5,7-8,10-13,16,22H,6,9,14-15H2,1-2H3,(H,28,31). The third-order valence-electron chi connectivity index (χ3n) is 5.66. The molecule has 2 amide bonds. The minimum atomic E-state index is -0.251. The predicted octanol–water partition coefficient (Wildman–Crippen LogP) is 3.95. The van der Waals surface area contributed by atoms with Crippen LogP contribution < -0.4 is 10.1 Å². The lowest BCUT2D eigenvalue weighted by Crippen LogP contribution is -2.33. The molecule has 1 unspecified atom stereocenters. The molecular formula is C25H26N4O3. The third kappa shape index (κ3) is 4.77. The molecule has 2 heterocycles. The number of hydrogen-bond acceptors (Lipinski definition) is 5. The molecule has 3 aromatic rings. The van der Waals surface area contributed by atoms with Crippen LogP contribution in [0.5, 0.6) is 5.75 Å². The maximum Gasteiger partial charge on any atom is 0.259 e. The number of nitrogens with zero attached hydrogens (tertiary/aromatic N) is 3. The molecule has 164 valence electrons. The van der Waals surface area contributed by atoms with Crippen LogP contribution in [0.2, 0.25) is 0 Å². The van der Waals surface area contributed by atoms with E-state index in [9.17, 15) is 9.59 Å². The van der Waals surface area contributed by atoms with Crippen molar-refractivity contribution < 1.29 is 14.3 Å². The fourth-order valence-corrected chi connectivity index (χ4v) is 3.94. The van der Waals surface area contributed by atoms with Crippen molar-refractivity contribution in [3.8, 4) is 5.75 Å². The maximum atomic E-state index is 13.0. The number of aromatic nitrogens is 2. The maximum absolute atomic E-state index is 13.0. The molecule has 1 saturated heterocycles. The first-order chi connectivity index (χ1) is 15.5. The number of methoxy groups -OCH3 is 1. The Hall–Kier alpha value is -3.74. The zero-order valence-corrected chi connectivity index (χ0v) is 18.2. The van der Waals surface area contributed by atoms with Crippen molar-refractivity contribution in [1.29, 1.82) is 0 Å². The second kappa shape index (κ2) is 9.60. The van der Waals surface area contributed by atoms with E-state index in [0.29, 0.717) is 35.7 Å². The Morgan fingerprint density at radius 3 is 2.56 bits per heavy atom. The molecule has 0 aliphatic carbocycles. The van der Waals surface area contributed by atoms with Crippen molar-refractivity contribution in [2.45, 2.75) is 32.2 Å². The van der Waals surface area contributed by atoms with E-state index in [0.717, 1.165) is 24.2 Å². The van der Waals surface area contributed by atoms with Crippen molar-refractivity contribution in [2.24, 2.45) is 0 Å². The number of rotatable bonds is 6. The molecule has 2 aromatic carbocycles. The molecule has 0 spiro atoms. The second-order valence-electron chi connectivity index (χ2n) is 7.82. The summed E-state index contributed by atoms with van der Waals surface area (Å²) in [6.45, 7) is 2.47. The van der Waals surface area contributed by atoms with E-state index in [4.69, 9.17) is 4.74 Å². The first-order valence-electron chi connectivity index (χ1n) is 10.7. The van der Waals surface area contributed by atoms with E-state index in [1.54, 1.807) is 20.2 Å². The minimum absolute atomic E-state index is 0.0461. The summed E-state index contributed by atoms with van der Waals surface area (Å²) >= 11 is 0. The van der Waals surface area contributed by atoms with Gasteiger partial charge in [-0.1, -0.05) is 30.3 Å². The van der Waals surface area contributed by atoms with Crippen LogP contribution in [0.4, 0.5) is 5.69 Å². The van der Waals surface area contributed by atoms with Gasteiger partial charge in [-0.3, -0.25) is 9.59 Å². The molecule has 7 heteroatoms.